The molecule has 0 aliphatic carbocycles. The molecule has 2 aliphatic heterocycles. The summed E-state index contributed by atoms with van der Waals surface area (Å²) in [7, 11) is 0. The van der Waals surface area contributed by atoms with E-state index in [1.807, 2.05) is 43.0 Å². The molecule has 0 unspecified atom stereocenters. The topological polar surface area (TPSA) is 67.9 Å². The monoisotopic (exact) mass is 482 g/mol. The Morgan fingerprint density at radius 3 is 2.74 bits per heavy atom. The van der Waals surface area contributed by atoms with Crippen molar-refractivity contribution >= 4 is 11.8 Å². The number of nitrogens with zero attached hydrogens (tertiary/aromatic N) is 1. The van der Waals surface area contributed by atoms with E-state index in [9.17, 15) is 14.0 Å². The van der Waals surface area contributed by atoms with E-state index in [0.29, 0.717) is 31.7 Å². The number of hydrogen-bond acceptors (Lipinski definition) is 4. The van der Waals surface area contributed by atoms with Crippen molar-refractivity contribution in [3.63, 3.8) is 0 Å². The standard InChI is InChI=1S/C28H35FN2O4/c1-18(2)14-26(32)31-12-11-20-9-10-23(16-25(20)27(31)21-6-4-7-22(29)15-21)35-19(3)28(33)30-17-24-8-5-13-34-24/h4,6-7,9-10,15-16,18-19,24,27H,5,8,11-14,17H2,1-3H3,(H,30,33)/t19-,24-,27+/m1/s1. The molecule has 1 N–H and O–H groups in total. The molecule has 2 amide bonds. The fraction of sp³-hybridized carbons (Fsp3) is 0.500. The average Bonchev–Trinajstić information content (AvgIpc) is 3.35. The van der Waals surface area contributed by atoms with Gasteiger partial charge in [-0.05, 0) is 73.1 Å². The molecule has 3 atom stereocenters. The van der Waals surface area contributed by atoms with Gasteiger partial charge in [-0.3, -0.25) is 9.59 Å². The average molecular weight is 483 g/mol. The molecule has 6 nitrogen and oxygen atoms in total. The maximum atomic E-state index is 14.2. The summed E-state index contributed by atoms with van der Waals surface area (Å²) in [5.74, 6) is 0.278. The summed E-state index contributed by atoms with van der Waals surface area (Å²) in [5.41, 5.74) is 2.72. The Labute approximate surface area is 206 Å². The van der Waals surface area contributed by atoms with E-state index >= 15 is 0 Å². The smallest absolute Gasteiger partial charge is 0.260 e. The SMILES string of the molecule is CC(C)CC(=O)N1CCc2ccc(O[C@H](C)C(=O)NC[C@H]3CCCO3)cc2[C@@H]1c1cccc(F)c1. The first-order valence-electron chi connectivity index (χ1n) is 12.6. The summed E-state index contributed by atoms with van der Waals surface area (Å²) in [6.07, 6.45) is 2.49. The largest absolute Gasteiger partial charge is 0.481 e. The van der Waals surface area contributed by atoms with Crippen LogP contribution >= 0.6 is 0 Å². The second kappa shape index (κ2) is 11.2. The molecule has 188 valence electrons. The minimum absolute atomic E-state index is 0.0492. The van der Waals surface area contributed by atoms with Gasteiger partial charge < -0.3 is 19.7 Å². The predicted molar refractivity (Wildman–Crippen MR) is 132 cm³/mol. The van der Waals surface area contributed by atoms with E-state index in [0.717, 1.165) is 36.1 Å². The van der Waals surface area contributed by atoms with Gasteiger partial charge in [-0.25, -0.2) is 4.39 Å². The van der Waals surface area contributed by atoms with Crippen molar-refractivity contribution in [3.8, 4) is 5.75 Å². The number of nitrogens with one attached hydrogen (secondary N) is 1. The fourth-order valence-electron chi connectivity index (χ4n) is 4.86. The lowest BCUT2D eigenvalue weighted by Gasteiger charge is -2.38. The highest BCUT2D eigenvalue weighted by Gasteiger charge is 2.33. The minimum atomic E-state index is -0.690. The van der Waals surface area contributed by atoms with Crippen LogP contribution in [0.1, 0.15) is 62.8 Å². The Hall–Kier alpha value is -2.93. The van der Waals surface area contributed by atoms with Crippen molar-refractivity contribution < 1.29 is 23.5 Å². The molecule has 0 spiro atoms. The van der Waals surface area contributed by atoms with Gasteiger partial charge in [-0.1, -0.05) is 32.0 Å². The van der Waals surface area contributed by atoms with E-state index in [1.165, 1.54) is 12.1 Å². The van der Waals surface area contributed by atoms with Gasteiger partial charge in [0.2, 0.25) is 5.91 Å². The number of halogens is 1. The van der Waals surface area contributed by atoms with Crippen LogP contribution in [0.3, 0.4) is 0 Å². The van der Waals surface area contributed by atoms with Crippen LogP contribution in [0.2, 0.25) is 0 Å². The zero-order valence-corrected chi connectivity index (χ0v) is 20.8. The molecule has 2 aromatic carbocycles. The Morgan fingerprint density at radius 2 is 2.03 bits per heavy atom. The van der Waals surface area contributed by atoms with Crippen molar-refractivity contribution in [1.29, 1.82) is 0 Å². The molecule has 2 aliphatic rings. The van der Waals surface area contributed by atoms with Crippen LogP contribution in [0, 0.1) is 11.7 Å². The summed E-state index contributed by atoms with van der Waals surface area (Å²) < 4.78 is 25.7. The molecule has 7 heteroatoms. The van der Waals surface area contributed by atoms with Gasteiger partial charge in [0.05, 0.1) is 12.1 Å². The van der Waals surface area contributed by atoms with E-state index in [-0.39, 0.29) is 29.7 Å². The Kier molecular flexibility index (Phi) is 8.06. The Morgan fingerprint density at radius 1 is 1.20 bits per heavy atom. The summed E-state index contributed by atoms with van der Waals surface area (Å²) in [6.45, 7) is 7.54. The maximum Gasteiger partial charge on any atom is 0.260 e. The van der Waals surface area contributed by atoms with Crippen molar-refractivity contribution in [2.45, 2.75) is 64.7 Å². The molecule has 0 aromatic heterocycles. The molecule has 4 rings (SSSR count). The maximum absolute atomic E-state index is 14.2. The van der Waals surface area contributed by atoms with Crippen molar-refractivity contribution in [2.75, 3.05) is 19.7 Å². The quantitative estimate of drug-likeness (QED) is 0.605. The highest BCUT2D eigenvalue weighted by molar-refractivity contribution is 5.80. The third-order valence-electron chi connectivity index (χ3n) is 6.62. The summed E-state index contributed by atoms with van der Waals surface area (Å²) >= 11 is 0. The molecule has 0 bridgehead atoms. The number of amides is 2. The van der Waals surface area contributed by atoms with Crippen molar-refractivity contribution in [3.05, 3.63) is 65.0 Å². The summed E-state index contributed by atoms with van der Waals surface area (Å²) in [6, 6.07) is 11.7. The first-order valence-corrected chi connectivity index (χ1v) is 12.6. The normalized spacial score (nSPS) is 20.4. The second-order valence-electron chi connectivity index (χ2n) is 9.89. The highest BCUT2D eigenvalue weighted by atomic mass is 19.1. The van der Waals surface area contributed by atoms with Gasteiger partial charge in [-0.15, -0.1) is 0 Å². The van der Waals surface area contributed by atoms with Gasteiger partial charge in [0.25, 0.3) is 5.91 Å². The predicted octanol–water partition coefficient (Wildman–Crippen LogP) is 4.41. The molecule has 35 heavy (non-hydrogen) atoms. The number of carbonyl (C=O) groups is 2. The molecule has 0 radical (unpaired) electrons. The molecule has 2 heterocycles. The van der Waals surface area contributed by atoms with Crippen LogP contribution < -0.4 is 10.1 Å². The molecule has 1 fully saturated rings. The first kappa shape index (κ1) is 25.2. The van der Waals surface area contributed by atoms with E-state index in [4.69, 9.17) is 9.47 Å². The Bertz CT molecular complexity index is 1050. The summed E-state index contributed by atoms with van der Waals surface area (Å²) in [4.78, 5) is 27.6. The third kappa shape index (κ3) is 6.20. The zero-order valence-electron chi connectivity index (χ0n) is 20.8. The Balaban J connectivity index is 1.56. The van der Waals surface area contributed by atoms with Gasteiger partial charge in [-0.2, -0.15) is 0 Å². The fourth-order valence-corrected chi connectivity index (χ4v) is 4.86. The number of fused-ring (bicyclic) bond motifs is 1. The number of hydrogen-bond donors (Lipinski definition) is 1. The number of rotatable bonds is 8. The van der Waals surface area contributed by atoms with Gasteiger partial charge in [0.1, 0.15) is 11.6 Å². The van der Waals surface area contributed by atoms with Crippen LogP contribution in [-0.4, -0.2) is 48.6 Å². The van der Waals surface area contributed by atoms with Crippen molar-refractivity contribution in [1.82, 2.24) is 10.2 Å². The lowest BCUT2D eigenvalue weighted by Crippen LogP contribution is -2.41. The lowest BCUT2D eigenvalue weighted by molar-refractivity contribution is -0.134. The van der Waals surface area contributed by atoms with Crippen LogP contribution in [0.5, 0.6) is 5.75 Å². The van der Waals surface area contributed by atoms with Crippen LogP contribution in [-0.2, 0) is 20.7 Å². The van der Waals surface area contributed by atoms with Gasteiger partial charge in [0, 0.05) is 26.1 Å². The summed E-state index contributed by atoms with van der Waals surface area (Å²) in [5, 5.41) is 2.90. The van der Waals surface area contributed by atoms with Crippen LogP contribution in [0.15, 0.2) is 42.5 Å². The lowest BCUT2D eigenvalue weighted by atomic mass is 9.87. The van der Waals surface area contributed by atoms with E-state index in [1.54, 1.807) is 13.0 Å². The molecule has 2 aromatic rings. The number of benzene rings is 2. The molecular weight excluding hydrogens is 447 g/mol. The third-order valence-corrected chi connectivity index (χ3v) is 6.62. The molecular formula is C28H35FN2O4. The van der Waals surface area contributed by atoms with Crippen LogP contribution in [0.25, 0.3) is 0 Å². The van der Waals surface area contributed by atoms with E-state index < -0.39 is 12.1 Å². The molecule has 1 saturated heterocycles. The first-order chi connectivity index (χ1) is 16.8. The highest BCUT2D eigenvalue weighted by Crippen LogP contribution is 2.38. The van der Waals surface area contributed by atoms with Gasteiger partial charge in [0.15, 0.2) is 6.10 Å². The van der Waals surface area contributed by atoms with E-state index in [2.05, 4.69) is 5.32 Å². The minimum Gasteiger partial charge on any atom is -0.481 e. The second-order valence-corrected chi connectivity index (χ2v) is 9.89. The van der Waals surface area contributed by atoms with Gasteiger partial charge >= 0.3 is 0 Å². The van der Waals surface area contributed by atoms with Crippen LogP contribution in [0.4, 0.5) is 4.39 Å². The number of carbonyl (C=O) groups excluding carboxylic acids is 2. The molecule has 0 saturated carbocycles. The van der Waals surface area contributed by atoms with Crippen molar-refractivity contribution in [2.24, 2.45) is 5.92 Å². The number of ether oxygens (including phenoxy) is 2. The zero-order chi connectivity index (χ0) is 24.9.